The molecule has 0 bridgehead atoms. The highest BCUT2D eigenvalue weighted by Crippen LogP contribution is 2.42. The van der Waals surface area contributed by atoms with Gasteiger partial charge in [-0.3, -0.25) is 4.90 Å². The number of benzene rings is 1. The summed E-state index contributed by atoms with van der Waals surface area (Å²) in [6.45, 7) is 5.18. The van der Waals surface area contributed by atoms with Gasteiger partial charge in [-0.25, -0.2) is 9.37 Å². The number of aromatic amines is 1. The van der Waals surface area contributed by atoms with E-state index < -0.39 is 0 Å². The van der Waals surface area contributed by atoms with Gasteiger partial charge in [0, 0.05) is 38.4 Å². The van der Waals surface area contributed by atoms with Crippen molar-refractivity contribution in [2.24, 2.45) is 0 Å². The molecule has 0 amide bonds. The number of fused-ring (bicyclic) bond motifs is 2. The van der Waals surface area contributed by atoms with Crippen LogP contribution in [0.5, 0.6) is 0 Å². The standard InChI is InChI=1S/C18H22FN3O/c1-13-10-14(2-3-15(13)19)11-22-7-4-16-17(21-12-20-16)18(22)5-8-23-9-6-18/h2-3,10,12H,4-9,11H2,1H3,(H,20,21). The molecule has 1 aromatic heterocycles. The van der Waals surface area contributed by atoms with Gasteiger partial charge < -0.3 is 9.72 Å². The van der Waals surface area contributed by atoms with Crippen LogP contribution in [0.1, 0.15) is 35.4 Å². The molecule has 1 spiro atoms. The van der Waals surface area contributed by atoms with E-state index in [1.807, 2.05) is 25.4 Å². The molecule has 0 aliphatic carbocycles. The molecule has 0 radical (unpaired) electrons. The highest BCUT2D eigenvalue weighted by molar-refractivity contribution is 5.29. The zero-order chi connectivity index (χ0) is 15.9. The Morgan fingerprint density at radius 3 is 2.96 bits per heavy atom. The summed E-state index contributed by atoms with van der Waals surface area (Å²) in [5.41, 5.74) is 4.27. The molecule has 5 heteroatoms. The van der Waals surface area contributed by atoms with Crippen LogP contribution in [0.4, 0.5) is 4.39 Å². The van der Waals surface area contributed by atoms with Crippen LogP contribution in [0.15, 0.2) is 24.5 Å². The summed E-state index contributed by atoms with van der Waals surface area (Å²) in [6.07, 6.45) is 4.72. The summed E-state index contributed by atoms with van der Waals surface area (Å²) < 4.78 is 19.1. The first kappa shape index (κ1) is 14.8. The van der Waals surface area contributed by atoms with Crippen LogP contribution in [0.2, 0.25) is 0 Å². The fourth-order valence-corrected chi connectivity index (χ4v) is 4.04. The topological polar surface area (TPSA) is 41.2 Å². The van der Waals surface area contributed by atoms with Crippen molar-refractivity contribution in [3.63, 3.8) is 0 Å². The first-order chi connectivity index (χ1) is 11.2. The quantitative estimate of drug-likeness (QED) is 0.926. The molecule has 122 valence electrons. The van der Waals surface area contributed by atoms with E-state index in [0.717, 1.165) is 51.1 Å². The molecule has 1 aromatic carbocycles. The second-order valence-corrected chi connectivity index (χ2v) is 6.63. The van der Waals surface area contributed by atoms with Crippen LogP contribution < -0.4 is 0 Å². The summed E-state index contributed by atoms with van der Waals surface area (Å²) in [7, 11) is 0. The predicted molar refractivity (Wildman–Crippen MR) is 85.6 cm³/mol. The normalized spacial score (nSPS) is 20.6. The highest BCUT2D eigenvalue weighted by atomic mass is 19.1. The summed E-state index contributed by atoms with van der Waals surface area (Å²) in [6, 6.07) is 5.43. The predicted octanol–water partition coefficient (Wildman–Crippen LogP) is 2.92. The minimum absolute atomic E-state index is 0.0475. The number of nitrogens with one attached hydrogen (secondary N) is 1. The minimum atomic E-state index is -0.136. The maximum absolute atomic E-state index is 13.5. The van der Waals surface area contributed by atoms with E-state index in [0.29, 0.717) is 5.56 Å². The number of rotatable bonds is 2. The van der Waals surface area contributed by atoms with E-state index >= 15 is 0 Å². The van der Waals surface area contributed by atoms with Gasteiger partial charge in [0.25, 0.3) is 0 Å². The summed E-state index contributed by atoms with van der Waals surface area (Å²) in [5, 5.41) is 0. The van der Waals surface area contributed by atoms with E-state index in [1.54, 1.807) is 6.07 Å². The van der Waals surface area contributed by atoms with Gasteiger partial charge in [0.1, 0.15) is 5.82 Å². The number of nitrogens with zero attached hydrogens (tertiary/aromatic N) is 2. The van der Waals surface area contributed by atoms with E-state index in [4.69, 9.17) is 4.74 Å². The Morgan fingerprint density at radius 1 is 1.35 bits per heavy atom. The van der Waals surface area contributed by atoms with Gasteiger partial charge in [-0.15, -0.1) is 0 Å². The van der Waals surface area contributed by atoms with Crippen LogP contribution >= 0.6 is 0 Å². The molecule has 1 fully saturated rings. The Labute approximate surface area is 135 Å². The Kier molecular flexibility index (Phi) is 3.70. The van der Waals surface area contributed by atoms with Crippen LogP contribution in [0.25, 0.3) is 0 Å². The van der Waals surface area contributed by atoms with E-state index in [2.05, 4.69) is 14.9 Å². The highest BCUT2D eigenvalue weighted by Gasteiger charge is 2.45. The maximum Gasteiger partial charge on any atom is 0.126 e. The lowest BCUT2D eigenvalue weighted by Crippen LogP contribution is -2.53. The van der Waals surface area contributed by atoms with E-state index in [9.17, 15) is 4.39 Å². The molecule has 0 atom stereocenters. The van der Waals surface area contributed by atoms with Crippen molar-refractivity contribution < 1.29 is 9.13 Å². The number of H-pyrrole nitrogens is 1. The Bertz CT molecular complexity index is 706. The Hall–Kier alpha value is -1.72. The smallest absolute Gasteiger partial charge is 0.126 e. The Morgan fingerprint density at radius 2 is 2.17 bits per heavy atom. The second-order valence-electron chi connectivity index (χ2n) is 6.63. The molecule has 3 heterocycles. The van der Waals surface area contributed by atoms with E-state index in [-0.39, 0.29) is 11.4 Å². The molecule has 4 rings (SSSR count). The zero-order valence-corrected chi connectivity index (χ0v) is 13.4. The molecule has 1 saturated heterocycles. The number of hydrogen-bond acceptors (Lipinski definition) is 3. The lowest BCUT2D eigenvalue weighted by atomic mass is 9.80. The minimum Gasteiger partial charge on any atom is -0.381 e. The van der Waals surface area contributed by atoms with Gasteiger partial charge in [-0.05, 0) is 37.0 Å². The van der Waals surface area contributed by atoms with Crippen LogP contribution in [-0.4, -0.2) is 34.6 Å². The fraction of sp³-hybridized carbons (Fsp3) is 0.500. The van der Waals surface area contributed by atoms with Crippen molar-refractivity contribution in [3.8, 4) is 0 Å². The maximum atomic E-state index is 13.5. The van der Waals surface area contributed by atoms with Crippen molar-refractivity contribution in [2.75, 3.05) is 19.8 Å². The van der Waals surface area contributed by atoms with Crippen molar-refractivity contribution in [1.29, 1.82) is 0 Å². The fourth-order valence-electron chi connectivity index (χ4n) is 4.04. The second kappa shape index (κ2) is 5.73. The molecule has 2 aromatic rings. The molecular weight excluding hydrogens is 293 g/mol. The van der Waals surface area contributed by atoms with E-state index in [1.165, 1.54) is 11.4 Å². The molecule has 23 heavy (non-hydrogen) atoms. The number of ether oxygens (including phenoxy) is 1. The van der Waals surface area contributed by atoms with Gasteiger partial charge in [0.05, 0.1) is 17.6 Å². The SMILES string of the molecule is Cc1cc(CN2CCc3[nH]cnc3C23CCOCC3)ccc1F. The zero-order valence-electron chi connectivity index (χ0n) is 13.4. The van der Waals surface area contributed by atoms with Crippen molar-refractivity contribution in [2.45, 2.75) is 38.3 Å². The average molecular weight is 315 g/mol. The van der Waals surface area contributed by atoms with Crippen LogP contribution in [0.3, 0.4) is 0 Å². The first-order valence-corrected chi connectivity index (χ1v) is 8.30. The number of halogens is 1. The summed E-state index contributed by atoms with van der Waals surface area (Å²) in [5.74, 6) is -0.136. The third-order valence-electron chi connectivity index (χ3n) is 5.31. The van der Waals surface area contributed by atoms with Gasteiger partial charge >= 0.3 is 0 Å². The number of aromatic nitrogens is 2. The molecule has 4 nitrogen and oxygen atoms in total. The largest absolute Gasteiger partial charge is 0.381 e. The molecule has 2 aliphatic heterocycles. The lowest BCUT2D eigenvalue weighted by Gasteiger charge is -2.48. The molecule has 1 N–H and O–H groups in total. The summed E-state index contributed by atoms with van der Waals surface area (Å²) >= 11 is 0. The van der Waals surface area contributed by atoms with Gasteiger partial charge in [-0.2, -0.15) is 0 Å². The van der Waals surface area contributed by atoms with Crippen LogP contribution in [0, 0.1) is 12.7 Å². The van der Waals surface area contributed by atoms with Gasteiger partial charge in [0.2, 0.25) is 0 Å². The molecule has 2 aliphatic rings. The Balaban J connectivity index is 1.68. The van der Waals surface area contributed by atoms with Crippen molar-refractivity contribution in [1.82, 2.24) is 14.9 Å². The third kappa shape index (κ3) is 2.48. The monoisotopic (exact) mass is 315 g/mol. The molecule has 0 unspecified atom stereocenters. The van der Waals surface area contributed by atoms with Crippen LogP contribution in [-0.2, 0) is 23.2 Å². The van der Waals surface area contributed by atoms with Crippen molar-refractivity contribution in [3.05, 3.63) is 52.9 Å². The molecular formula is C18H22FN3O. The molecule has 0 saturated carbocycles. The lowest BCUT2D eigenvalue weighted by molar-refractivity contribution is -0.0450. The van der Waals surface area contributed by atoms with Gasteiger partial charge in [-0.1, -0.05) is 12.1 Å². The number of imidazole rings is 1. The summed E-state index contributed by atoms with van der Waals surface area (Å²) in [4.78, 5) is 10.5. The van der Waals surface area contributed by atoms with Crippen molar-refractivity contribution >= 4 is 0 Å². The van der Waals surface area contributed by atoms with Gasteiger partial charge in [0.15, 0.2) is 0 Å². The average Bonchev–Trinajstić information content (AvgIpc) is 3.05. The third-order valence-corrected chi connectivity index (χ3v) is 5.31. The first-order valence-electron chi connectivity index (χ1n) is 8.30. The number of aryl methyl sites for hydroxylation is 1. The number of hydrogen-bond donors (Lipinski definition) is 1.